The first-order valence-electron chi connectivity index (χ1n) is 10.7. The number of nitro benzene ring substituents is 2. The summed E-state index contributed by atoms with van der Waals surface area (Å²) in [5, 5.41) is 21.9. The fourth-order valence-corrected chi connectivity index (χ4v) is 4.71. The second-order valence-electron chi connectivity index (χ2n) is 7.59. The second-order valence-corrected chi connectivity index (χ2v) is 9.30. The number of halogens is 2. The fourth-order valence-electron chi connectivity index (χ4n) is 3.52. The lowest BCUT2D eigenvalue weighted by molar-refractivity contribution is -0.385. The van der Waals surface area contributed by atoms with Gasteiger partial charge in [-0.3, -0.25) is 20.2 Å². The number of nitrogens with zero attached hydrogens (tertiary/aromatic N) is 2. The molecule has 0 fully saturated rings. The van der Waals surface area contributed by atoms with Gasteiger partial charge < -0.3 is 9.68 Å². The highest BCUT2D eigenvalue weighted by molar-refractivity contribution is 9.11. The van der Waals surface area contributed by atoms with Gasteiger partial charge in [-0.15, -0.1) is 0 Å². The predicted octanol–water partition coefficient (Wildman–Crippen LogP) is 7.87. The molecule has 0 unspecified atom stereocenters. The number of carbonyl (C=O) groups is 1. The average Bonchev–Trinajstić information content (AvgIpc) is 2.91. The molecule has 0 radical (unpaired) electrons. The molecule has 4 aromatic carbocycles. The first-order chi connectivity index (χ1) is 18.2. The minimum atomic E-state index is -1.10. The maximum absolute atomic E-state index is 12.4. The van der Waals surface area contributed by atoms with Gasteiger partial charge in [0.15, 0.2) is 0 Å². The molecule has 0 aromatic heterocycles. The number of anilines is 2. The van der Waals surface area contributed by atoms with Crippen LogP contribution in [0.5, 0.6) is 0 Å². The number of hydrogen-bond acceptors (Lipinski definition) is 9. The molecule has 0 saturated heterocycles. The Hall–Kier alpha value is -4.49. The standard InChI is InChI=1S/C25H16Br2N4O7/c26-19-3-1-5-21(23(19)15-7-11-17(12-8-15)30(33)34)28-37-25(32)38-29-22-6-2-4-20(27)24(22)16-9-13-18(14-10-16)31(35)36/h1-14,28-29H. The molecule has 4 rings (SSSR count). The van der Waals surface area contributed by atoms with E-state index >= 15 is 0 Å². The van der Waals surface area contributed by atoms with E-state index in [1.165, 1.54) is 24.3 Å². The van der Waals surface area contributed by atoms with Crippen molar-refractivity contribution in [1.82, 2.24) is 0 Å². The Kier molecular flexibility index (Phi) is 8.19. The lowest BCUT2D eigenvalue weighted by atomic mass is 10.0. The zero-order valence-corrected chi connectivity index (χ0v) is 22.3. The summed E-state index contributed by atoms with van der Waals surface area (Å²) in [6.07, 6.45) is -1.10. The second kappa shape index (κ2) is 11.7. The maximum Gasteiger partial charge on any atom is 0.558 e. The number of non-ortho nitro benzene ring substituents is 2. The number of rotatable bonds is 8. The van der Waals surface area contributed by atoms with Gasteiger partial charge in [-0.25, -0.2) is 11.0 Å². The van der Waals surface area contributed by atoms with Crippen LogP contribution in [0.3, 0.4) is 0 Å². The first kappa shape index (κ1) is 26.6. The Morgan fingerprint density at radius 3 is 1.34 bits per heavy atom. The van der Waals surface area contributed by atoms with E-state index in [9.17, 15) is 25.0 Å². The molecule has 4 aromatic rings. The summed E-state index contributed by atoms with van der Waals surface area (Å²) in [4.78, 5) is 43.4. The van der Waals surface area contributed by atoms with Gasteiger partial charge in [0, 0.05) is 44.3 Å². The molecule has 2 N–H and O–H groups in total. The van der Waals surface area contributed by atoms with Crippen LogP contribution in [0.4, 0.5) is 27.5 Å². The highest BCUT2D eigenvalue weighted by Gasteiger charge is 2.16. The van der Waals surface area contributed by atoms with E-state index in [2.05, 4.69) is 42.8 Å². The van der Waals surface area contributed by atoms with Crippen LogP contribution >= 0.6 is 31.9 Å². The highest BCUT2D eigenvalue weighted by Crippen LogP contribution is 2.37. The minimum Gasteiger partial charge on any atom is -0.307 e. The van der Waals surface area contributed by atoms with Crippen molar-refractivity contribution in [2.45, 2.75) is 0 Å². The Morgan fingerprint density at radius 2 is 1.00 bits per heavy atom. The van der Waals surface area contributed by atoms with Crippen LogP contribution in [-0.2, 0) is 9.68 Å². The average molecular weight is 644 g/mol. The van der Waals surface area contributed by atoms with E-state index in [0.29, 0.717) is 42.6 Å². The number of nitrogens with one attached hydrogen (secondary N) is 2. The Balaban J connectivity index is 1.46. The van der Waals surface area contributed by atoms with E-state index in [-0.39, 0.29) is 11.4 Å². The lowest BCUT2D eigenvalue weighted by Crippen LogP contribution is -2.16. The van der Waals surface area contributed by atoms with E-state index in [0.717, 1.165) is 0 Å². The molecule has 11 nitrogen and oxygen atoms in total. The summed E-state index contributed by atoms with van der Waals surface area (Å²) >= 11 is 6.90. The summed E-state index contributed by atoms with van der Waals surface area (Å²) < 4.78 is 1.32. The molecule has 38 heavy (non-hydrogen) atoms. The van der Waals surface area contributed by atoms with Gasteiger partial charge in [-0.05, 0) is 59.7 Å². The van der Waals surface area contributed by atoms with Crippen LogP contribution in [0.15, 0.2) is 93.9 Å². The Morgan fingerprint density at radius 1 is 0.632 bits per heavy atom. The van der Waals surface area contributed by atoms with Crippen LogP contribution in [0.2, 0.25) is 0 Å². The van der Waals surface area contributed by atoms with Crippen LogP contribution in [0.1, 0.15) is 0 Å². The topological polar surface area (TPSA) is 146 Å². The van der Waals surface area contributed by atoms with Crippen molar-refractivity contribution in [1.29, 1.82) is 0 Å². The van der Waals surface area contributed by atoms with Crippen LogP contribution in [-0.4, -0.2) is 16.0 Å². The molecular weight excluding hydrogens is 628 g/mol. The van der Waals surface area contributed by atoms with Crippen molar-refractivity contribution >= 4 is 60.8 Å². The predicted molar refractivity (Wildman–Crippen MR) is 147 cm³/mol. The van der Waals surface area contributed by atoms with E-state index in [1.807, 2.05) is 0 Å². The maximum atomic E-state index is 12.4. The van der Waals surface area contributed by atoms with Crippen molar-refractivity contribution in [3.05, 3.63) is 114 Å². The Labute approximate surface area is 231 Å². The van der Waals surface area contributed by atoms with Crippen LogP contribution < -0.4 is 11.0 Å². The monoisotopic (exact) mass is 642 g/mol. The van der Waals surface area contributed by atoms with Crippen molar-refractivity contribution < 1.29 is 24.3 Å². The largest absolute Gasteiger partial charge is 0.558 e. The van der Waals surface area contributed by atoms with Crippen molar-refractivity contribution in [3.63, 3.8) is 0 Å². The quantitative estimate of drug-likeness (QED) is 0.145. The highest BCUT2D eigenvalue weighted by atomic mass is 79.9. The molecule has 0 bridgehead atoms. The SMILES string of the molecule is O=C(ONc1cccc(Br)c1-c1ccc([N+](=O)[O-])cc1)ONc1cccc(Br)c1-c1ccc([N+](=O)[O-])cc1. The molecule has 0 heterocycles. The summed E-state index contributed by atoms with van der Waals surface area (Å²) in [6.45, 7) is 0. The molecule has 0 spiro atoms. The smallest absolute Gasteiger partial charge is 0.307 e. The van der Waals surface area contributed by atoms with Crippen LogP contribution in [0.25, 0.3) is 22.3 Å². The summed E-state index contributed by atoms with van der Waals surface area (Å²) in [6, 6.07) is 22.1. The zero-order chi connectivity index (χ0) is 27.2. The molecule has 13 heteroatoms. The van der Waals surface area contributed by atoms with E-state index in [1.54, 1.807) is 60.7 Å². The third-order valence-electron chi connectivity index (χ3n) is 5.25. The zero-order valence-electron chi connectivity index (χ0n) is 19.1. The lowest BCUT2D eigenvalue weighted by Gasteiger charge is -2.15. The van der Waals surface area contributed by atoms with Crippen molar-refractivity contribution in [2.24, 2.45) is 0 Å². The molecular formula is C25H16Br2N4O7. The number of nitro groups is 2. The Bertz CT molecular complexity index is 1400. The molecule has 0 aliphatic heterocycles. The van der Waals surface area contributed by atoms with Crippen LogP contribution in [0, 0.1) is 20.2 Å². The first-order valence-corrected chi connectivity index (χ1v) is 12.3. The summed E-state index contributed by atoms with van der Waals surface area (Å²) in [5.41, 5.74) is 8.29. The number of benzene rings is 4. The van der Waals surface area contributed by atoms with E-state index in [4.69, 9.17) is 9.68 Å². The van der Waals surface area contributed by atoms with Crippen molar-refractivity contribution in [2.75, 3.05) is 11.0 Å². The third kappa shape index (κ3) is 6.07. The van der Waals surface area contributed by atoms with Crippen molar-refractivity contribution in [3.8, 4) is 22.3 Å². The van der Waals surface area contributed by atoms with Gasteiger partial charge >= 0.3 is 6.16 Å². The minimum absolute atomic E-state index is 0.0538. The molecule has 0 saturated carbocycles. The number of hydrogen-bond donors (Lipinski definition) is 2. The summed E-state index contributed by atoms with van der Waals surface area (Å²) in [5.74, 6) is 0. The fraction of sp³-hybridized carbons (Fsp3) is 0. The third-order valence-corrected chi connectivity index (χ3v) is 6.57. The number of carbonyl (C=O) groups excluding carboxylic acids is 1. The van der Waals surface area contributed by atoms with Gasteiger partial charge in [0.1, 0.15) is 0 Å². The van der Waals surface area contributed by atoms with Gasteiger partial charge in [-0.1, -0.05) is 44.0 Å². The molecule has 0 aliphatic rings. The molecule has 0 aliphatic carbocycles. The normalized spacial score (nSPS) is 10.4. The van der Waals surface area contributed by atoms with Gasteiger partial charge in [-0.2, -0.15) is 4.79 Å². The van der Waals surface area contributed by atoms with E-state index < -0.39 is 16.0 Å². The van der Waals surface area contributed by atoms with Gasteiger partial charge in [0.05, 0.1) is 21.2 Å². The summed E-state index contributed by atoms with van der Waals surface area (Å²) in [7, 11) is 0. The molecule has 192 valence electrons. The molecule has 0 amide bonds. The van der Waals surface area contributed by atoms with Gasteiger partial charge in [0.25, 0.3) is 11.4 Å². The molecule has 0 atom stereocenters. The van der Waals surface area contributed by atoms with Gasteiger partial charge in [0.2, 0.25) is 0 Å².